The first-order valence-corrected chi connectivity index (χ1v) is 7.81. The third-order valence-corrected chi connectivity index (χ3v) is 4.04. The van der Waals surface area contributed by atoms with Crippen LogP contribution in [0.3, 0.4) is 0 Å². The average Bonchev–Trinajstić information content (AvgIpc) is 2.62. The third kappa shape index (κ3) is 3.80. The van der Waals surface area contributed by atoms with Crippen molar-refractivity contribution in [2.75, 3.05) is 25.0 Å². The molecule has 23 heavy (non-hydrogen) atoms. The summed E-state index contributed by atoms with van der Waals surface area (Å²) in [6.07, 6.45) is 8.08. The molecule has 3 heterocycles. The lowest BCUT2D eigenvalue weighted by Gasteiger charge is -2.32. The van der Waals surface area contributed by atoms with Crippen molar-refractivity contribution >= 4 is 11.9 Å². The highest BCUT2D eigenvalue weighted by molar-refractivity contribution is 5.91. The molecule has 1 N–H and O–H groups in total. The lowest BCUT2D eigenvalue weighted by Crippen LogP contribution is -2.37. The van der Waals surface area contributed by atoms with Crippen LogP contribution in [0.25, 0.3) is 0 Å². The SMILES string of the molecule is CNC(=O)c1cc(C[C@@H]2CCCN(c3ncccn3)C2)ncn1. The van der Waals surface area contributed by atoms with E-state index in [9.17, 15) is 4.79 Å². The summed E-state index contributed by atoms with van der Waals surface area (Å²) < 4.78 is 0. The maximum Gasteiger partial charge on any atom is 0.269 e. The summed E-state index contributed by atoms with van der Waals surface area (Å²) in [4.78, 5) is 30.9. The third-order valence-electron chi connectivity index (χ3n) is 4.04. The van der Waals surface area contributed by atoms with Crippen molar-refractivity contribution in [1.82, 2.24) is 25.3 Å². The zero-order valence-corrected chi connectivity index (χ0v) is 13.1. The molecular weight excluding hydrogens is 292 g/mol. The Morgan fingerprint density at radius 3 is 2.91 bits per heavy atom. The number of amides is 1. The van der Waals surface area contributed by atoms with Gasteiger partial charge in [0.05, 0.1) is 0 Å². The Kier molecular flexibility index (Phi) is 4.75. The fraction of sp³-hybridized carbons (Fsp3) is 0.438. The standard InChI is InChI=1S/C16H20N6O/c1-17-15(23)14-9-13(20-11-21-14)8-12-4-2-7-22(10-12)16-18-5-3-6-19-16/h3,5-6,9,11-12H,2,4,7-8,10H2,1H3,(H,17,23)/t12-/m0/s1. The van der Waals surface area contributed by atoms with Crippen LogP contribution in [0, 0.1) is 5.92 Å². The number of carbonyl (C=O) groups is 1. The molecule has 0 unspecified atom stereocenters. The van der Waals surface area contributed by atoms with Crippen molar-refractivity contribution in [2.24, 2.45) is 5.92 Å². The fourth-order valence-electron chi connectivity index (χ4n) is 2.93. The first-order chi connectivity index (χ1) is 11.3. The molecule has 2 aromatic rings. The molecule has 0 bridgehead atoms. The van der Waals surface area contributed by atoms with Gasteiger partial charge in [-0.2, -0.15) is 0 Å². The van der Waals surface area contributed by atoms with Gasteiger partial charge in [-0.25, -0.2) is 19.9 Å². The van der Waals surface area contributed by atoms with Crippen molar-refractivity contribution < 1.29 is 4.79 Å². The van der Waals surface area contributed by atoms with Gasteiger partial charge < -0.3 is 10.2 Å². The normalized spacial score (nSPS) is 17.8. The quantitative estimate of drug-likeness (QED) is 0.909. The highest BCUT2D eigenvalue weighted by Crippen LogP contribution is 2.22. The first kappa shape index (κ1) is 15.3. The van der Waals surface area contributed by atoms with Crippen LogP contribution in [0.1, 0.15) is 29.0 Å². The smallest absolute Gasteiger partial charge is 0.269 e. The minimum atomic E-state index is -0.184. The van der Waals surface area contributed by atoms with Crippen LogP contribution in [-0.2, 0) is 6.42 Å². The summed E-state index contributed by atoms with van der Waals surface area (Å²) in [7, 11) is 1.60. The molecule has 1 aliphatic heterocycles. The number of nitrogens with one attached hydrogen (secondary N) is 1. The summed E-state index contributed by atoms with van der Waals surface area (Å²) in [5.41, 5.74) is 1.32. The van der Waals surface area contributed by atoms with Crippen molar-refractivity contribution in [3.8, 4) is 0 Å². The Morgan fingerprint density at radius 2 is 2.13 bits per heavy atom. The lowest BCUT2D eigenvalue weighted by atomic mass is 9.93. The molecule has 2 aromatic heterocycles. The number of aromatic nitrogens is 4. The van der Waals surface area contributed by atoms with E-state index in [-0.39, 0.29) is 5.91 Å². The molecule has 0 aliphatic carbocycles. The van der Waals surface area contributed by atoms with Gasteiger partial charge in [-0.1, -0.05) is 0 Å². The van der Waals surface area contributed by atoms with Crippen molar-refractivity contribution in [3.63, 3.8) is 0 Å². The van der Waals surface area contributed by atoms with Gasteiger partial charge in [-0.3, -0.25) is 4.79 Å². The van der Waals surface area contributed by atoms with Gasteiger partial charge in [0.25, 0.3) is 5.91 Å². The zero-order chi connectivity index (χ0) is 16.1. The number of hydrogen-bond donors (Lipinski definition) is 1. The Hall–Kier alpha value is -2.57. The van der Waals surface area contributed by atoms with E-state index in [0.717, 1.165) is 44.0 Å². The fourth-order valence-corrected chi connectivity index (χ4v) is 2.93. The second-order valence-electron chi connectivity index (χ2n) is 5.68. The van der Waals surface area contributed by atoms with Gasteiger partial charge in [0.1, 0.15) is 12.0 Å². The summed E-state index contributed by atoms with van der Waals surface area (Å²) in [5, 5.41) is 2.59. The maximum absolute atomic E-state index is 11.7. The van der Waals surface area contributed by atoms with Crippen LogP contribution in [0.15, 0.2) is 30.9 Å². The summed E-state index contributed by atoms with van der Waals surface area (Å²) in [6, 6.07) is 3.60. The number of anilines is 1. The van der Waals surface area contributed by atoms with Gasteiger partial charge in [-0.05, 0) is 37.3 Å². The maximum atomic E-state index is 11.7. The number of nitrogens with zero attached hydrogens (tertiary/aromatic N) is 5. The van der Waals surface area contributed by atoms with E-state index < -0.39 is 0 Å². The molecule has 1 aliphatic rings. The predicted octanol–water partition coefficient (Wildman–Crippen LogP) is 1.09. The van der Waals surface area contributed by atoms with Gasteiger partial charge >= 0.3 is 0 Å². The molecule has 7 nitrogen and oxygen atoms in total. The number of rotatable bonds is 4. The van der Waals surface area contributed by atoms with Crippen LogP contribution in [0.4, 0.5) is 5.95 Å². The number of piperidine rings is 1. The minimum Gasteiger partial charge on any atom is -0.354 e. The van der Waals surface area contributed by atoms with Gasteiger partial charge in [-0.15, -0.1) is 0 Å². The lowest BCUT2D eigenvalue weighted by molar-refractivity contribution is 0.0958. The Labute approximate surface area is 135 Å². The van der Waals surface area contributed by atoms with Crippen molar-refractivity contribution in [3.05, 3.63) is 42.2 Å². The highest BCUT2D eigenvalue weighted by atomic mass is 16.1. The van der Waals surface area contributed by atoms with Crippen LogP contribution in [0.2, 0.25) is 0 Å². The molecule has 7 heteroatoms. The van der Waals surface area contributed by atoms with Gasteiger partial charge in [0, 0.05) is 38.2 Å². The monoisotopic (exact) mass is 312 g/mol. The van der Waals surface area contributed by atoms with E-state index in [0.29, 0.717) is 11.6 Å². The summed E-state index contributed by atoms with van der Waals surface area (Å²) >= 11 is 0. The highest BCUT2D eigenvalue weighted by Gasteiger charge is 2.22. The molecule has 0 aromatic carbocycles. The Balaban J connectivity index is 1.67. The predicted molar refractivity (Wildman–Crippen MR) is 86.1 cm³/mol. The van der Waals surface area contributed by atoms with E-state index in [1.54, 1.807) is 25.5 Å². The summed E-state index contributed by atoms with van der Waals surface area (Å²) in [6.45, 7) is 1.89. The molecule has 1 atom stereocenters. The van der Waals surface area contributed by atoms with Crippen LogP contribution >= 0.6 is 0 Å². The van der Waals surface area contributed by atoms with Crippen LogP contribution in [0.5, 0.6) is 0 Å². The largest absolute Gasteiger partial charge is 0.354 e. The average molecular weight is 312 g/mol. The topological polar surface area (TPSA) is 83.9 Å². The molecule has 1 amide bonds. The van der Waals surface area contributed by atoms with Gasteiger partial charge in [0.15, 0.2) is 0 Å². The van der Waals surface area contributed by atoms with Gasteiger partial charge in [0.2, 0.25) is 5.95 Å². The molecule has 0 radical (unpaired) electrons. The molecule has 1 saturated heterocycles. The second kappa shape index (κ2) is 7.13. The van der Waals surface area contributed by atoms with Crippen LogP contribution in [-0.4, -0.2) is 46.0 Å². The number of hydrogen-bond acceptors (Lipinski definition) is 6. The van der Waals surface area contributed by atoms with E-state index >= 15 is 0 Å². The zero-order valence-electron chi connectivity index (χ0n) is 13.1. The van der Waals surface area contributed by atoms with E-state index in [1.165, 1.54) is 6.33 Å². The molecule has 1 fully saturated rings. The second-order valence-corrected chi connectivity index (χ2v) is 5.68. The van der Waals surface area contributed by atoms with E-state index in [2.05, 4.69) is 30.2 Å². The Bertz CT molecular complexity index is 663. The molecule has 0 saturated carbocycles. The molecule has 3 rings (SSSR count). The van der Waals surface area contributed by atoms with E-state index in [4.69, 9.17) is 0 Å². The number of carbonyl (C=O) groups excluding carboxylic acids is 1. The van der Waals surface area contributed by atoms with E-state index in [1.807, 2.05) is 6.07 Å². The molecular formula is C16H20N6O. The molecule has 120 valence electrons. The first-order valence-electron chi connectivity index (χ1n) is 7.81. The van der Waals surface area contributed by atoms with Crippen LogP contribution < -0.4 is 10.2 Å². The Morgan fingerprint density at radius 1 is 1.30 bits per heavy atom. The van der Waals surface area contributed by atoms with Crippen molar-refractivity contribution in [1.29, 1.82) is 0 Å². The minimum absolute atomic E-state index is 0.184. The molecule has 0 spiro atoms. The van der Waals surface area contributed by atoms with Crippen molar-refractivity contribution in [2.45, 2.75) is 19.3 Å². The summed E-state index contributed by atoms with van der Waals surface area (Å²) in [5.74, 6) is 1.07.